The van der Waals surface area contributed by atoms with Crippen molar-refractivity contribution in [1.29, 1.82) is 0 Å². The summed E-state index contributed by atoms with van der Waals surface area (Å²) < 4.78 is 29.2. The number of hydrogen-bond acceptors (Lipinski definition) is 5. The van der Waals surface area contributed by atoms with E-state index in [2.05, 4.69) is 15.1 Å². The summed E-state index contributed by atoms with van der Waals surface area (Å²) in [5, 5.41) is 12.8. The molecule has 1 unspecified atom stereocenters. The van der Waals surface area contributed by atoms with Crippen molar-refractivity contribution in [2.75, 3.05) is 0 Å². The molecule has 0 fully saturated rings. The van der Waals surface area contributed by atoms with Crippen LogP contribution in [0, 0.1) is 13.8 Å². The molecule has 0 aliphatic rings. The van der Waals surface area contributed by atoms with Gasteiger partial charge in [-0.3, -0.25) is 4.98 Å². The molecular weight excluding hydrogens is 256 g/mol. The summed E-state index contributed by atoms with van der Waals surface area (Å²) in [4.78, 5) is 8.20. The lowest BCUT2D eigenvalue weighted by Gasteiger charge is -2.04. The van der Waals surface area contributed by atoms with Crippen LogP contribution in [0.1, 0.15) is 17.3 Å². The van der Waals surface area contributed by atoms with E-state index in [0.717, 1.165) is 11.4 Å². The number of hydrogen-bond donors (Lipinski definition) is 1. The van der Waals surface area contributed by atoms with E-state index < -0.39 is 12.5 Å². The fourth-order valence-electron chi connectivity index (χ4n) is 1.69. The number of aliphatic hydroxyl groups is 1. The fraction of sp³-hybridized carbons (Fsp3) is 0.417. The molecule has 1 N–H and O–H groups in total. The van der Waals surface area contributed by atoms with E-state index in [9.17, 15) is 8.78 Å². The van der Waals surface area contributed by atoms with E-state index in [0.29, 0.717) is 11.4 Å². The number of halogens is 2. The predicted octanol–water partition coefficient (Wildman–Crippen LogP) is 1.92. The van der Waals surface area contributed by atoms with Gasteiger partial charge in [-0.15, -0.1) is 0 Å². The maximum absolute atomic E-state index is 12.2. The largest absolute Gasteiger partial charge is 0.387 e. The summed E-state index contributed by atoms with van der Waals surface area (Å²) in [6, 6.07) is 3.54. The van der Waals surface area contributed by atoms with Crippen LogP contribution in [0.3, 0.4) is 0 Å². The van der Waals surface area contributed by atoms with Gasteiger partial charge in [-0.1, -0.05) is 5.16 Å². The molecule has 0 amide bonds. The Labute approximate surface area is 108 Å². The maximum atomic E-state index is 12.2. The topological polar surface area (TPSA) is 72.0 Å². The number of nitrogens with zero attached hydrogens (tertiary/aromatic N) is 3. The summed E-state index contributed by atoms with van der Waals surface area (Å²) in [5.74, 6) is 0.278. The van der Waals surface area contributed by atoms with Gasteiger partial charge in [-0.2, -0.15) is 4.98 Å². The highest BCUT2D eigenvalue weighted by Crippen LogP contribution is 2.18. The van der Waals surface area contributed by atoms with Crippen LogP contribution in [0.25, 0.3) is 11.4 Å². The molecule has 1 atom stereocenters. The molecule has 0 spiro atoms. The molecule has 7 heteroatoms. The molecule has 0 aromatic carbocycles. The maximum Gasteiger partial charge on any atom is 0.264 e. The average Bonchev–Trinajstić information content (AvgIpc) is 2.76. The number of aromatic nitrogens is 3. The Bertz CT molecular complexity index is 552. The van der Waals surface area contributed by atoms with Crippen LogP contribution in [-0.2, 0) is 6.42 Å². The highest BCUT2D eigenvalue weighted by molar-refractivity contribution is 5.55. The van der Waals surface area contributed by atoms with Crippen molar-refractivity contribution in [3.05, 3.63) is 29.4 Å². The van der Waals surface area contributed by atoms with Gasteiger partial charge in [0.05, 0.1) is 6.42 Å². The first-order valence-electron chi connectivity index (χ1n) is 5.70. The van der Waals surface area contributed by atoms with Gasteiger partial charge < -0.3 is 9.63 Å². The third-order valence-electron chi connectivity index (χ3n) is 2.48. The first kappa shape index (κ1) is 13.5. The normalized spacial score (nSPS) is 12.9. The Hall–Kier alpha value is -1.89. The molecule has 0 aliphatic heterocycles. The van der Waals surface area contributed by atoms with E-state index in [1.807, 2.05) is 13.8 Å². The lowest BCUT2D eigenvalue weighted by atomic mass is 10.2. The summed E-state index contributed by atoms with van der Waals surface area (Å²) >= 11 is 0. The van der Waals surface area contributed by atoms with E-state index in [1.165, 1.54) is 0 Å². The average molecular weight is 269 g/mol. The molecule has 2 heterocycles. The van der Waals surface area contributed by atoms with Crippen molar-refractivity contribution in [2.24, 2.45) is 0 Å². The predicted molar refractivity (Wildman–Crippen MR) is 62.7 cm³/mol. The number of aliphatic hydroxyl groups excluding tert-OH is 1. The van der Waals surface area contributed by atoms with Crippen LogP contribution in [0.2, 0.25) is 0 Å². The van der Waals surface area contributed by atoms with Gasteiger partial charge in [0.25, 0.3) is 6.43 Å². The molecule has 5 nitrogen and oxygen atoms in total. The Morgan fingerprint density at radius 3 is 2.42 bits per heavy atom. The van der Waals surface area contributed by atoms with Gasteiger partial charge in [-0.25, -0.2) is 8.78 Å². The highest BCUT2D eigenvalue weighted by atomic mass is 19.3. The minimum absolute atomic E-state index is 0.0186. The zero-order valence-corrected chi connectivity index (χ0v) is 10.5. The van der Waals surface area contributed by atoms with Gasteiger partial charge in [-0.05, 0) is 26.0 Å². The first-order chi connectivity index (χ1) is 8.95. The van der Waals surface area contributed by atoms with Gasteiger partial charge in [0.1, 0.15) is 6.10 Å². The van der Waals surface area contributed by atoms with E-state index in [1.54, 1.807) is 12.1 Å². The summed E-state index contributed by atoms with van der Waals surface area (Å²) in [6.07, 6.45) is -5.00. The molecule has 102 valence electrons. The van der Waals surface area contributed by atoms with Crippen LogP contribution in [0.5, 0.6) is 0 Å². The van der Waals surface area contributed by atoms with E-state index in [4.69, 9.17) is 9.63 Å². The van der Waals surface area contributed by atoms with Crippen molar-refractivity contribution < 1.29 is 18.4 Å². The molecule has 0 saturated carbocycles. The van der Waals surface area contributed by atoms with Crippen LogP contribution < -0.4 is 0 Å². The van der Waals surface area contributed by atoms with Crippen molar-refractivity contribution in [3.63, 3.8) is 0 Å². The lowest BCUT2D eigenvalue weighted by Crippen LogP contribution is -2.20. The van der Waals surface area contributed by atoms with Crippen molar-refractivity contribution in [2.45, 2.75) is 32.8 Å². The smallest absolute Gasteiger partial charge is 0.264 e. The van der Waals surface area contributed by atoms with Gasteiger partial charge >= 0.3 is 0 Å². The number of alkyl halides is 2. The Morgan fingerprint density at radius 1 is 1.21 bits per heavy atom. The van der Waals surface area contributed by atoms with Crippen LogP contribution in [0.15, 0.2) is 16.7 Å². The van der Waals surface area contributed by atoms with Crippen LogP contribution >= 0.6 is 0 Å². The molecule has 2 aromatic heterocycles. The second-order valence-electron chi connectivity index (χ2n) is 4.26. The molecule has 0 radical (unpaired) electrons. The van der Waals surface area contributed by atoms with Crippen molar-refractivity contribution in [3.8, 4) is 11.4 Å². The Morgan fingerprint density at radius 2 is 1.84 bits per heavy atom. The molecule has 19 heavy (non-hydrogen) atoms. The summed E-state index contributed by atoms with van der Waals surface area (Å²) in [5.41, 5.74) is 2.30. The molecule has 0 bridgehead atoms. The second-order valence-corrected chi connectivity index (χ2v) is 4.26. The third-order valence-corrected chi connectivity index (χ3v) is 2.48. The van der Waals surface area contributed by atoms with Crippen molar-refractivity contribution in [1.82, 2.24) is 15.1 Å². The Balaban J connectivity index is 2.21. The Kier molecular flexibility index (Phi) is 3.84. The zero-order valence-electron chi connectivity index (χ0n) is 10.5. The molecule has 2 rings (SSSR count). The second kappa shape index (κ2) is 5.40. The quantitative estimate of drug-likeness (QED) is 0.918. The fourth-order valence-corrected chi connectivity index (χ4v) is 1.69. The SMILES string of the molecule is Cc1cc(-c2noc(CC(O)C(F)F)n2)cc(C)n1. The summed E-state index contributed by atoms with van der Waals surface area (Å²) in [7, 11) is 0. The lowest BCUT2D eigenvalue weighted by molar-refractivity contribution is -0.00754. The van der Waals surface area contributed by atoms with Gasteiger partial charge in [0, 0.05) is 17.0 Å². The highest BCUT2D eigenvalue weighted by Gasteiger charge is 2.21. The minimum atomic E-state index is -2.83. The van der Waals surface area contributed by atoms with Gasteiger partial charge in [0.15, 0.2) is 0 Å². The van der Waals surface area contributed by atoms with Gasteiger partial charge in [0.2, 0.25) is 11.7 Å². The van der Waals surface area contributed by atoms with Crippen molar-refractivity contribution >= 4 is 0 Å². The van der Waals surface area contributed by atoms with Crippen LogP contribution in [-0.4, -0.2) is 32.8 Å². The third kappa shape index (κ3) is 3.31. The first-order valence-corrected chi connectivity index (χ1v) is 5.70. The standard InChI is InChI=1S/C12H13F2N3O2/c1-6-3-8(4-7(2)15-6)12-16-10(19-17-12)5-9(18)11(13)14/h3-4,9,11,18H,5H2,1-2H3. The number of pyridine rings is 1. The number of rotatable bonds is 4. The monoisotopic (exact) mass is 269 g/mol. The molecule has 0 saturated heterocycles. The number of aryl methyl sites for hydroxylation is 2. The molecular formula is C12H13F2N3O2. The van der Waals surface area contributed by atoms with E-state index in [-0.39, 0.29) is 12.3 Å². The zero-order chi connectivity index (χ0) is 14.0. The summed E-state index contributed by atoms with van der Waals surface area (Å²) in [6.45, 7) is 3.66. The minimum Gasteiger partial charge on any atom is -0.387 e. The van der Waals surface area contributed by atoms with E-state index >= 15 is 0 Å². The van der Waals surface area contributed by atoms with Crippen LogP contribution in [0.4, 0.5) is 8.78 Å². The molecule has 0 aliphatic carbocycles. The molecule has 2 aromatic rings.